The van der Waals surface area contributed by atoms with Gasteiger partial charge in [-0.2, -0.15) is 0 Å². The van der Waals surface area contributed by atoms with Crippen molar-refractivity contribution in [2.75, 3.05) is 13.1 Å². The van der Waals surface area contributed by atoms with E-state index in [-0.39, 0.29) is 12.5 Å². The molecule has 1 fully saturated rings. The topological polar surface area (TPSA) is 73.9 Å². The SMILES string of the molecule is C[C@@]1(O)CCN(C(=O)CCc2ccc(-c3cccs3)o2)C[C@@H]1O. The highest BCUT2D eigenvalue weighted by Crippen LogP contribution is 2.27. The van der Waals surface area contributed by atoms with E-state index >= 15 is 0 Å². The van der Waals surface area contributed by atoms with E-state index in [0.717, 1.165) is 16.4 Å². The van der Waals surface area contributed by atoms with Crippen LogP contribution in [0, 0.1) is 0 Å². The van der Waals surface area contributed by atoms with Gasteiger partial charge in [0, 0.05) is 25.9 Å². The van der Waals surface area contributed by atoms with Crippen molar-refractivity contribution in [2.45, 2.75) is 37.9 Å². The van der Waals surface area contributed by atoms with Crippen molar-refractivity contribution in [2.24, 2.45) is 0 Å². The van der Waals surface area contributed by atoms with Crippen molar-refractivity contribution in [1.82, 2.24) is 4.90 Å². The first-order valence-electron chi connectivity index (χ1n) is 7.76. The summed E-state index contributed by atoms with van der Waals surface area (Å²) >= 11 is 1.62. The van der Waals surface area contributed by atoms with Gasteiger partial charge in [-0.3, -0.25) is 4.79 Å². The molecule has 2 aromatic rings. The van der Waals surface area contributed by atoms with Gasteiger partial charge in [0.25, 0.3) is 0 Å². The number of piperidine rings is 1. The van der Waals surface area contributed by atoms with Gasteiger partial charge in [0.2, 0.25) is 5.91 Å². The minimum atomic E-state index is -1.10. The van der Waals surface area contributed by atoms with Crippen molar-refractivity contribution in [3.8, 4) is 10.6 Å². The van der Waals surface area contributed by atoms with Crippen LogP contribution < -0.4 is 0 Å². The molecule has 23 heavy (non-hydrogen) atoms. The van der Waals surface area contributed by atoms with Crippen molar-refractivity contribution in [3.63, 3.8) is 0 Å². The molecule has 1 aliphatic heterocycles. The highest BCUT2D eigenvalue weighted by Gasteiger charge is 2.37. The molecule has 2 aromatic heterocycles. The lowest BCUT2D eigenvalue weighted by atomic mass is 9.90. The average Bonchev–Trinajstić information content (AvgIpc) is 3.18. The number of β-amino-alcohol motifs (C(OH)–C–C–N with tert-alkyl or cyclic N) is 1. The highest BCUT2D eigenvalue weighted by molar-refractivity contribution is 7.13. The van der Waals surface area contributed by atoms with E-state index in [1.807, 2.05) is 29.6 Å². The maximum Gasteiger partial charge on any atom is 0.223 e. The number of aryl methyl sites for hydroxylation is 1. The predicted molar refractivity (Wildman–Crippen MR) is 88.2 cm³/mol. The Balaban J connectivity index is 1.54. The number of carbonyl (C=O) groups excluding carboxylic acids is 1. The van der Waals surface area contributed by atoms with Gasteiger partial charge in [-0.1, -0.05) is 6.07 Å². The number of thiophene rings is 1. The lowest BCUT2D eigenvalue weighted by Crippen LogP contribution is -2.55. The maximum atomic E-state index is 12.3. The number of aliphatic hydroxyl groups excluding tert-OH is 1. The Morgan fingerprint density at radius 2 is 2.30 bits per heavy atom. The van der Waals surface area contributed by atoms with Crippen LogP contribution in [0.15, 0.2) is 34.1 Å². The molecular formula is C17H21NO4S. The average molecular weight is 335 g/mol. The van der Waals surface area contributed by atoms with E-state index in [4.69, 9.17) is 4.42 Å². The molecule has 0 spiro atoms. The van der Waals surface area contributed by atoms with Gasteiger partial charge < -0.3 is 19.5 Å². The maximum absolute atomic E-state index is 12.3. The standard InChI is InChI=1S/C17H21NO4S/c1-17(21)8-9-18(11-15(17)19)16(20)7-5-12-4-6-13(22-12)14-3-2-10-23-14/h2-4,6,10,15,19,21H,5,7-9,11H2,1H3/t15-,17+/m0/s1. The number of nitrogens with zero attached hydrogens (tertiary/aromatic N) is 1. The zero-order chi connectivity index (χ0) is 16.4. The van der Waals surface area contributed by atoms with Crippen molar-refractivity contribution in [3.05, 3.63) is 35.4 Å². The number of aliphatic hydroxyl groups is 2. The van der Waals surface area contributed by atoms with Crippen molar-refractivity contribution < 1.29 is 19.4 Å². The smallest absolute Gasteiger partial charge is 0.223 e. The predicted octanol–water partition coefficient (Wildman–Crippen LogP) is 2.28. The van der Waals surface area contributed by atoms with Gasteiger partial charge in [-0.05, 0) is 36.9 Å². The van der Waals surface area contributed by atoms with Gasteiger partial charge in [-0.25, -0.2) is 0 Å². The molecule has 124 valence electrons. The minimum absolute atomic E-state index is 0.0198. The molecule has 1 amide bonds. The summed E-state index contributed by atoms with van der Waals surface area (Å²) in [5, 5.41) is 21.8. The van der Waals surface area contributed by atoms with E-state index in [1.54, 1.807) is 23.2 Å². The lowest BCUT2D eigenvalue weighted by Gasteiger charge is -2.39. The molecule has 0 bridgehead atoms. The molecule has 5 nitrogen and oxygen atoms in total. The van der Waals surface area contributed by atoms with Crippen molar-refractivity contribution in [1.29, 1.82) is 0 Å². The molecule has 0 saturated carbocycles. The first kappa shape index (κ1) is 16.2. The number of furan rings is 1. The van der Waals surface area contributed by atoms with Gasteiger partial charge >= 0.3 is 0 Å². The van der Waals surface area contributed by atoms with E-state index in [1.165, 1.54) is 0 Å². The zero-order valence-corrected chi connectivity index (χ0v) is 13.9. The highest BCUT2D eigenvalue weighted by atomic mass is 32.1. The van der Waals surface area contributed by atoms with Crippen LogP contribution in [0.1, 0.15) is 25.5 Å². The largest absolute Gasteiger partial charge is 0.460 e. The second kappa shape index (κ2) is 6.47. The fourth-order valence-corrected chi connectivity index (χ4v) is 3.39. The van der Waals surface area contributed by atoms with Gasteiger partial charge in [0.1, 0.15) is 11.5 Å². The van der Waals surface area contributed by atoms with Gasteiger partial charge in [0.05, 0.1) is 16.6 Å². The Bertz CT molecular complexity index is 662. The molecule has 6 heteroatoms. The molecule has 2 atom stereocenters. The Morgan fingerprint density at radius 1 is 1.48 bits per heavy atom. The summed E-state index contributed by atoms with van der Waals surface area (Å²) in [6.45, 7) is 2.26. The second-order valence-electron chi connectivity index (χ2n) is 6.21. The first-order chi connectivity index (χ1) is 11.0. The molecular weight excluding hydrogens is 314 g/mol. The summed E-state index contributed by atoms with van der Waals surface area (Å²) in [4.78, 5) is 14.9. The molecule has 2 N–H and O–H groups in total. The molecule has 0 unspecified atom stereocenters. The number of hydrogen-bond acceptors (Lipinski definition) is 5. The van der Waals surface area contributed by atoms with E-state index in [9.17, 15) is 15.0 Å². The number of amides is 1. The van der Waals surface area contributed by atoms with Gasteiger partial charge in [-0.15, -0.1) is 11.3 Å². The Labute approximate surface area is 139 Å². The summed E-state index contributed by atoms with van der Waals surface area (Å²) in [6.07, 6.45) is 0.372. The molecule has 0 aliphatic carbocycles. The number of likely N-dealkylation sites (tertiary alicyclic amines) is 1. The number of rotatable bonds is 4. The Hall–Kier alpha value is -1.63. The Kier molecular flexibility index (Phi) is 4.57. The molecule has 1 aliphatic rings. The van der Waals surface area contributed by atoms with Crippen LogP contribution in [0.2, 0.25) is 0 Å². The molecule has 0 radical (unpaired) electrons. The summed E-state index contributed by atoms with van der Waals surface area (Å²) in [6, 6.07) is 7.80. The number of hydrogen-bond donors (Lipinski definition) is 2. The molecule has 3 rings (SSSR count). The van der Waals surface area contributed by atoms with Crippen LogP contribution in [0.3, 0.4) is 0 Å². The van der Waals surface area contributed by atoms with Crippen LogP contribution in [0.4, 0.5) is 0 Å². The first-order valence-corrected chi connectivity index (χ1v) is 8.64. The zero-order valence-electron chi connectivity index (χ0n) is 13.1. The minimum Gasteiger partial charge on any atom is -0.460 e. The van der Waals surface area contributed by atoms with E-state index in [2.05, 4.69) is 0 Å². The second-order valence-corrected chi connectivity index (χ2v) is 7.15. The third kappa shape index (κ3) is 3.65. The molecule has 0 aromatic carbocycles. The molecule has 1 saturated heterocycles. The third-order valence-electron chi connectivity index (χ3n) is 4.36. The summed E-state index contributed by atoms with van der Waals surface area (Å²) in [5.41, 5.74) is -1.10. The normalized spacial score (nSPS) is 24.8. The summed E-state index contributed by atoms with van der Waals surface area (Å²) in [5.74, 6) is 1.59. The fraction of sp³-hybridized carbons (Fsp3) is 0.471. The van der Waals surface area contributed by atoms with E-state index < -0.39 is 11.7 Å². The summed E-state index contributed by atoms with van der Waals surface area (Å²) < 4.78 is 5.77. The fourth-order valence-electron chi connectivity index (χ4n) is 2.70. The molecule has 3 heterocycles. The Morgan fingerprint density at radius 3 is 3.00 bits per heavy atom. The van der Waals surface area contributed by atoms with Crippen LogP contribution >= 0.6 is 11.3 Å². The number of carbonyl (C=O) groups is 1. The van der Waals surface area contributed by atoms with E-state index in [0.29, 0.717) is 25.8 Å². The van der Waals surface area contributed by atoms with Crippen LogP contribution in [-0.4, -0.2) is 45.8 Å². The quantitative estimate of drug-likeness (QED) is 0.899. The van der Waals surface area contributed by atoms with Crippen LogP contribution in [0.25, 0.3) is 10.6 Å². The van der Waals surface area contributed by atoms with Gasteiger partial charge in [0.15, 0.2) is 0 Å². The van der Waals surface area contributed by atoms with Crippen LogP contribution in [0.5, 0.6) is 0 Å². The lowest BCUT2D eigenvalue weighted by molar-refractivity contribution is -0.146. The third-order valence-corrected chi connectivity index (χ3v) is 5.25. The summed E-state index contributed by atoms with van der Waals surface area (Å²) in [7, 11) is 0. The van der Waals surface area contributed by atoms with Crippen LogP contribution in [-0.2, 0) is 11.2 Å². The van der Waals surface area contributed by atoms with Crippen molar-refractivity contribution >= 4 is 17.2 Å². The monoisotopic (exact) mass is 335 g/mol.